The molecule has 1 fully saturated rings. The van der Waals surface area contributed by atoms with Crippen LogP contribution in [0.15, 0.2) is 134 Å². The van der Waals surface area contributed by atoms with Gasteiger partial charge in [0, 0.05) is 0 Å². The van der Waals surface area contributed by atoms with Gasteiger partial charge in [-0.1, -0.05) is 127 Å². The first-order valence-corrected chi connectivity index (χ1v) is 14.8. The standard InChI is InChI=1S/C37H40O6/c1-2-23-39-37-36(42-27-32-21-13-6-14-22-32)35(41-26-31-19-11-5-12-20-31)34(40-25-30-17-9-4-10-18-30)33(43-37)28-38-24-29-15-7-3-8-16-29/h2-23,33-37H,24-28H2,1H3/b23-2+/t33-,34-,35+,36-,37+/m1/s1. The quantitative estimate of drug-likeness (QED) is 0.138. The maximum Gasteiger partial charge on any atom is 0.228 e. The van der Waals surface area contributed by atoms with E-state index in [1.54, 1.807) is 6.26 Å². The number of ether oxygens (including phenoxy) is 6. The lowest BCUT2D eigenvalue weighted by atomic mass is 9.97. The van der Waals surface area contributed by atoms with Crippen LogP contribution in [-0.2, 0) is 54.8 Å². The molecule has 0 aliphatic carbocycles. The summed E-state index contributed by atoms with van der Waals surface area (Å²) >= 11 is 0. The highest BCUT2D eigenvalue weighted by Crippen LogP contribution is 2.31. The summed E-state index contributed by atoms with van der Waals surface area (Å²) in [5, 5.41) is 0. The molecule has 1 aliphatic heterocycles. The molecule has 0 amide bonds. The van der Waals surface area contributed by atoms with Crippen LogP contribution >= 0.6 is 0 Å². The Balaban J connectivity index is 1.42. The number of allylic oxidation sites excluding steroid dienone is 1. The van der Waals surface area contributed by atoms with Crippen LogP contribution in [0.1, 0.15) is 29.2 Å². The van der Waals surface area contributed by atoms with Gasteiger partial charge in [0.05, 0.1) is 39.3 Å². The molecule has 1 heterocycles. The number of hydrogen-bond donors (Lipinski definition) is 0. The normalized spacial score (nSPS) is 22.0. The highest BCUT2D eigenvalue weighted by atomic mass is 16.7. The van der Waals surface area contributed by atoms with Crippen LogP contribution in [0.4, 0.5) is 0 Å². The fourth-order valence-electron chi connectivity index (χ4n) is 5.01. The first kappa shape index (κ1) is 30.7. The molecule has 0 N–H and O–H groups in total. The second-order valence-electron chi connectivity index (χ2n) is 10.4. The van der Waals surface area contributed by atoms with Crippen molar-refractivity contribution in [3.63, 3.8) is 0 Å². The predicted molar refractivity (Wildman–Crippen MR) is 166 cm³/mol. The number of hydrogen-bond acceptors (Lipinski definition) is 6. The Labute approximate surface area is 254 Å². The molecule has 0 saturated carbocycles. The summed E-state index contributed by atoms with van der Waals surface area (Å²) in [5.41, 5.74) is 4.25. The Bertz CT molecular complexity index is 1330. The summed E-state index contributed by atoms with van der Waals surface area (Å²) < 4.78 is 38.8. The summed E-state index contributed by atoms with van der Waals surface area (Å²) in [7, 11) is 0. The third kappa shape index (κ3) is 9.35. The molecule has 4 aromatic carbocycles. The Hall–Kier alpha value is -3.78. The second-order valence-corrected chi connectivity index (χ2v) is 10.4. The molecule has 5 rings (SSSR count). The molecule has 6 nitrogen and oxygen atoms in total. The minimum absolute atomic E-state index is 0.292. The zero-order valence-electron chi connectivity index (χ0n) is 24.6. The monoisotopic (exact) mass is 580 g/mol. The van der Waals surface area contributed by atoms with Gasteiger partial charge in [-0.3, -0.25) is 0 Å². The van der Waals surface area contributed by atoms with Crippen molar-refractivity contribution < 1.29 is 28.4 Å². The Morgan fingerprint density at radius 2 is 0.953 bits per heavy atom. The van der Waals surface area contributed by atoms with Crippen LogP contribution in [0.25, 0.3) is 0 Å². The van der Waals surface area contributed by atoms with Gasteiger partial charge in [-0.15, -0.1) is 0 Å². The summed E-state index contributed by atoms with van der Waals surface area (Å²) in [5.74, 6) is 0. The number of benzene rings is 4. The van der Waals surface area contributed by atoms with Crippen molar-refractivity contribution >= 4 is 0 Å². The summed E-state index contributed by atoms with van der Waals surface area (Å²) in [6.45, 7) is 3.79. The van der Waals surface area contributed by atoms with Gasteiger partial charge in [-0.05, 0) is 29.2 Å². The molecule has 1 saturated heterocycles. The molecular formula is C37H40O6. The molecule has 0 radical (unpaired) electrons. The van der Waals surface area contributed by atoms with E-state index < -0.39 is 30.7 Å². The highest BCUT2D eigenvalue weighted by molar-refractivity contribution is 5.16. The van der Waals surface area contributed by atoms with Crippen LogP contribution in [0, 0.1) is 0 Å². The van der Waals surface area contributed by atoms with Gasteiger partial charge in [-0.2, -0.15) is 0 Å². The van der Waals surface area contributed by atoms with Crippen molar-refractivity contribution in [2.75, 3.05) is 6.61 Å². The maximum absolute atomic E-state index is 6.69. The Morgan fingerprint density at radius 3 is 1.42 bits per heavy atom. The molecule has 0 unspecified atom stereocenters. The first-order valence-electron chi connectivity index (χ1n) is 14.8. The van der Waals surface area contributed by atoms with E-state index in [1.807, 2.05) is 134 Å². The molecule has 5 atom stereocenters. The summed E-state index contributed by atoms with van der Waals surface area (Å²) in [6, 6.07) is 40.4. The Morgan fingerprint density at radius 1 is 0.535 bits per heavy atom. The van der Waals surface area contributed by atoms with Gasteiger partial charge in [0.15, 0.2) is 0 Å². The van der Waals surface area contributed by atoms with Gasteiger partial charge >= 0.3 is 0 Å². The second kappa shape index (κ2) is 16.8. The van der Waals surface area contributed by atoms with E-state index in [-0.39, 0.29) is 0 Å². The largest absolute Gasteiger partial charge is 0.470 e. The van der Waals surface area contributed by atoms with E-state index in [4.69, 9.17) is 28.4 Å². The van der Waals surface area contributed by atoms with Crippen LogP contribution in [0.2, 0.25) is 0 Å². The molecule has 43 heavy (non-hydrogen) atoms. The van der Waals surface area contributed by atoms with E-state index in [0.29, 0.717) is 33.0 Å². The highest BCUT2D eigenvalue weighted by Gasteiger charge is 2.49. The minimum Gasteiger partial charge on any atom is -0.470 e. The van der Waals surface area contributed by atoms with E-state index >= 15 is 0 Å². The number of rotatable bonds is 15. The third-order valence-corrected chi connectivity index (χ3v) is 7.19. The lowest BCUT2D eigenvalue weighted by molar-refractivity contribution is -0.318. The molecule has 0 spiro atoms. The molecule has 6 heteroatoms. The van der Waals surface area contributed by atoms with E-state index in [2.05, 4.69) is 0 Å². The SMILES string of the molecule is C/C=C/O[C@H]1O[C@H](COCc2ccccc2)[C@@H](OCc2ccccc2)[C@H](OCc2ccccc2)[C@H]1OCc1ccccc1. The average Bonchev–Trinajstić information content (AvgIpc) is 3.07. The van der Waals surface area contributed by atoms with Crippen molar-refractivity contribution in [2.45, 2.75) is 64.1 Å². The van der Waals surface area contributed by atoms with Crippen molar-refractivity contribution in [3.05, 3.63) is 156 Å². The fourth-order valence-corrected chi connectivity index (χ4v) is 5.01. The summed E-state index contributed by atoms with van der Waals surface area (Å²) in [6.07, 6.45) is 0.669. The average molecular weight is 581 g/mol. The smallest absolute Gasteiger partial charge is 0.228 e. The van der Waals surface area contributed by atoms with E-state index in [1.165, 1.54) is 0 Å². The molecule has 0 aromatic heterocycles. The molecular weight excluding hydrogens is 540 g/mol. The van der Waals surface area contributed by atoms with E-state index in [0.717, 1.165) is 22.3 Å². The van der Waals surface area contributed by atoms with Crippen LogP contribution in [0.5, 0.6) is 0 Å². The first-order chi connectivity index (χ1) is 21.3. The Kier molecular flexibility index (Phi) is 11.9. The van der Waals surface area contributed by atoms with Crippen LogP contribution in [-0.4, -0.2) is 37.3 Å². The van der Waals surface area contributed by atoms with Gasteiger partial charge in [0.1, 0.15) is 24.4 Å². The molecule has 4 aromatic rings. The fraction of sp³-hybridized carbons (Fsp3) is 0.297. The maximum atomic E-state index is 6.69. The third-order valence-electron chi connectivity index (χ3n) is 7.19. The zero-order chi connectivity index (χ0) is 29.5. The molecule has 224 valence electrons. The minimum atomic E-state index is -0.734. The van der Waals surface area contributed by atoms with E-state index in [9.17, 15) is 0 Å². The molecule has 0 bridgehead atoms. The van der Waals surface area contributed by atoms with Gasteiger partial charge in [-0.25, -0.2) is 0 Å². The van der Waals surface area contributed by atoms with Crippen molar-refractivity contribution in [1.82, 2.24) is 0 Å². The zero-order valence-corrected chi connectivity index (χ0v) is 24.6. The van der Waals surface area contributed by atoms with Crippen LogP contribution in [0.3, 0.4) is 0 Å². The van der Waals surface area contributed by atoms with Crippen molar-refractivity contribution in [3.8, 4) is 0 Å². The van der Waals surface area contributed by atoms with Crippen LogP contribution < -0.4 is 0 Å². The van der Waals surface area contributed by atoms with Gasteiger partial charge in [0.25, 0.3) is 0 Å². The van der Waals surface area contributed by atoms with Gasteiger partial charge < -0.3 is 28.4 Å². The molecule has 1 aliphatic rings. The topological polar surface area (TPSA) is 55.4 Å². The van der Waals surface area contributed by atoms with Crippen molar-refractivity contribution in [2.24, 2.45) is 0 Å². The van der Waals surface area contributed by atoms with Gasteiger partial charge in [0.2, 0.25) is 6.29 Å². The van der Waals surface area contributed by atoms with Crippen molar-refractivity contribution in [1.29, 1.82) is 0 Å². The predicted octanol–water partition coefficient (Wildman–Crippen LogP) is 7.23. The summed E-state index contributed by atoms with van der Waals surface area (Å²) in [4.78, 5) is 0. The lowest BCUT2D eigenvalue weighted by Crippen LogP contribution is -2.61. The lowest BCUT2D eigenvalue weighted by Gasteiger charge is -2.45.